The van der Waals surface area contributed by atoms with Gasteiger partial charge in [0.15, 0.2) is 23.0 Å². The average Bonchev–Trinajstić information content (AvgIpc) is 2.74. The van der Waals surface area contributed by atoms with E-state index in [1.165, 1.54) is 43.3 Å². The van der Waals surface area contributed by atoms with Gasteiger partial charge in [-0.2, -0.15) is 0 Å². The number of nitrogens with one attached hydrogen (secondary N) is 3. The monoisotopic (exact) mass is 447 g/mol. The van der Waals surface area contributed by atoms with Crippen molar-refractivity contribution >= 4 is 17.7 Å². The molecule has 0 fully saturated rings. The molecule has 0 unspecified atom stereocenters. The van der Waals surface area contributed by atoms with E-state index in [-0.39, 0.29) is 24.2 Å². The molecule has 0 aliphatic rings. The van der Waals surface area contributed by atoms with E-state index in [1.54, 1.807) is 0 Å². The lowest BCUT2D eigenvalue weighted by atomic mass is 10.1. The molecule has 3 amide bonds. The number of phenolic OH excluding ortho intramolecular Hbond substituents is 4. The van der Waals surface area contributed by atoms with Gasteiger partial charge in [-0.15, -0.1) is 0 Å². The predicted octanol–water partition coefficient (Wildman–Crippen LogP) is -0.0755. The minimum Gasteiger partial charge on any atom is -0.504 e. The zero-order valence-electron chi connectivity index (χ0n) is 17.2. The number of carbonyl (C=O) groups excluding carboxylic acids is 3. The number of hydrogen-bond donors (Lipinski definition) is 8. The highest BCUT2D eigenvalue weighted by Crippen LogP contribution is 2.28. The number of benzene rings is 2. The highest BCUT2D eigenvalue weighted by Gasteiger charge is 2.27. The van der Waals surface area contributed by atoms with Crippen molar-refractivity contribution in [3.8, 4) is 23.0 Å². The summed E-state index contributed by atoms with van der Waals surface area (Å²) in [6, 6.07) is 6.42. The van der Waals surface area contributed by atoms with Crippen molar-refractivity contribution < 1.29 is 39.9 Å². The summed E-state index contributed by atoms with van der Waals surface area (Å²) >= 11 is 0. The van der Waals surface area contributed by atoms with Gasteiger partial charge in [0, 0.05) is 13.1 Å². The Labute approximate surface area is 183 Å². The first-order valence-corrected chi connectivity index (χ1v) is 9.70. The van der Waals surface area contributed by atoms with Crippen molar-refractivity contribution in [1.82, 2.24) is 16.0 Å². The first-order valence-electron chi connectivity index (χ1n) is 9.70. The molecular formula is C21H25N3O8. The molecule has 0 saturated heterocycles. The summed E-state index contributed by atoms with van der Waals surface area (Å²) in [7, 11) is 0. The van der Waals surface area contributed by atoms with Crippen molar-refractivity contribution in [2.45, 2.75) is 25.5 Å². The highest BCUT2D eigenvalue weighted by atomic mass is 16.3. The van der Waals surface area contributed by atoms with Gasteiger partial charge in [0.05, 0.1) is 17.2 Å². The van der Waals surface area contributed by atoms with E-state index in [0.29, 0.717) is 6.42 Å². The minimum atomic E-state index is -1.33. The number of aliphatic hydroxyl groups excluding tert-OH is 1. The van der Waals surface area contributed by atoms with Crippen molar-refractivity contribution in [3.05, 3.63) is 47.5 Å². The van der Waals surface area contributed by atoms with Crippen molar-refractivity contribution in [2.24, 2.45) is 0 Å². The molecule has 8 N–H and O–H groups in total. The van der Waals surface area contributed by atoms with Crippen molar-refractivity contribution in [3.63, 3.8) is 0 Å². The Balaban J connectivity index is 1.84. The lowest BCUT2D eigenvalue weighted by molar-refractivity contribution is -0.125. The van der Waals surface area contributed by atoms with Gasteiger partial charge in [-0.3, -0.25) is 14.4 Å². The van der Waals surface area contributed by atoms with Gasteiger partial charge in [0.25, 0.3) is 11.8 Å². The molecule has 0 radical (unpaired) electrons. The lowest BCUT2D eigenvalue weighted by Gasteiger charge is -2.21. The van der Waals surface area contributed by atoms with E-state index in [1.807, 2.05) is 0 Å². The predicted molar refractivity (Wildman–Crippen MR) is 112 cm³/mol. The number of amides is 3. The maximum atomic E-state index is 12.4. The van der Waals surface area contributed by atoms with Gasteiger partial charge >= 0.3 is 0 Å². The van der Waals surface area contributed by atoms with Crippen LogP contribution in [0.5, 0.6) is 23.0 Å². The number of carbonyl (C=O) groups is 3. The highest BCUT2D eigenvalue weighted by molar-refractivity contribution is 6.00. The Kier molecular flexibility index (Phi) is 8.24. The van der Waals surface area contributed by atoms with Gasteiger partial charge in [0.1, 0.15) is 6.04 Å². The van der Waals surface area contributed by atoms with Crippen LogP contribution in [0.15, 0.2) is 36.4 Å². The summed E-state index contributed by atoms with van der Waals surface area (Å²) in [4.78, 5) is 36.7. The first kappa shape index (κ1) is 24.3. The summed E-state index contributed by atoms with van der Waals surface area (Å²) < 4.78 is 0. The molecular weight excluding hydrogens is 422 g/mol. The van der Waals surface area contributed by atoms with Gasteiger partial charge in [-0.25, -0.2) is 0 Å². The Bertz CT molecular complexity index is 993. The molecule has 11 heteroatoms. The van der Waals surface area contributed by atoms with Crippen molar-refractivity contribution in [2.75, 3.05) is 13.1 Å². The summed E-state index contributed by atoms with van der Waals surface area (Å²) in [5.74, 6) is -4.27. The van der Waals surface area contributed by atoms with Crippen LogP contribution in [0, 0.1) is 0 Å². The smallest absolute Gasteiger partial charge is 0.255 e. The van der Waals surface area contributed by atoms with Crippen LogP contribution >= 0.6 is 0 Å². The van der Waals surface area contributed by atoms with E-state index < -0.39 is 52.9 Å². The molecule has 0 saturated carbocycles. The van der Waals surface area contributed by atoms with Gasteiger partial charge in [0.2, 0.25) is 5.91 Å². The van der Waals surface area contributed by atoms with E-state index in [0.717, 1.165) is 0 Å². The average molecular weight is 447 g/mol. The minimum absolute atomic E-state index is 0.0962. The normalized spacial score (nSPS) is 12.4. The Morgan fingerprint density at radius 2 is 1.31 bits per heavy atom. The molecule has 0 spiro atoms. The molecule has 32 heavy (non-hydrogen) atoms. The molecule has 2 rings (SSSR count). The maximum Gasteiger partial charge on any atom is 0.255 e. The molecule has 0 bridgehead atoms. The fourth-order valence-corrected chi connectivity index (χ4v) is 2.76. The Morgan fingerprint density at radius 1 is 0.812 bits per heavy atom. The van der Waals surface area contributed by atoms with Crippen LogP contribution in [0.3, 0.4) is 0 Å². The van der Waals surface area contributed by atoms with Crippen LogP contribution in [-0.2, 0) is 4.79 Å². The lowest BCUT2D eigenvalue weighted by Crippen LogP contribution is -2.52. The van der Waals surface area contributed by atoms with E-state index in [2.05, 4.69) is 16.0 Å². The van der Waals surface area contributed by atoms with Crippen LogP contribution in [0.1, 0.15) is 34.1 Å². The second kappa shape index (κ2) is 10.9. The molecule has 0 aliphatic heterocycles. The third kappa shape index (κ3) is 6.01. The summed E-state index contributed by atoms with van der Waals surface area (Å²) in [6.07, 6.45) is -0.961. The Morgan fingerprint density at radius 3 is 1.84 bits per heavy atom. The summed E-state index contributed by atoms with van der Waals surface area (Å²) in [5.41, 5.74) is -0.359. The molecule has 0 heterocycles. The zero-order valence-corrected chi connectivity index (χ0v) is 17.2. The molecule has 0 aliphatic carbocycles. The largest absolute Gasteiger partial charge is 0.504 e. The number of aromatic hydroxyl groups is 4. The second-order valence-electron chi connectivity index (χ2n) is 6.94. The van der Waals surface area contributed by atoms with Crippen LogP contribution < -0.4 is 16.0 Å². The first-order chi connectivity index (χ1) is 15.1. The molecule has 2 atom stereocenters. The van der Waals surface area contributed by atoms with Gasteiger partial charge in [-0.1, -0.05) is 12.1 Å². The quantitative estimate of drug-likeness (QED) is 0.193. The van der Waals surface area contributed by atoms with Gasteiger partial charge in [-0.05, 0) is 37.6 Å². The maximum absolute atomic E-state index is 12.4. The van der Waals surface area contributed by atoms with Crippen molar-refractivity contribution in [1.29, 1.82) is 0 Å². The number of para-hydroxylation sites is 2. The summed E-state index contributed by atoms with van der Waals surface area (Å²) in [5, 5.41) is 55.6. The van der Waals surface area contributed by atoms with Crippen LogP contribution in [0.2, 0.25) is 0 Å². The fraction of sp³-hybridized carbons (Fsp3) is 0.286. The number of hydrogen-bond acceptors (Lipinski definition) is 8. The number of rotatable bonds is 9. The molecule has 2 aromatic carbocycles. The van der Waals surface area contributed by atoms with Crippen LogP contribution in [-0.4, -0.2) is 68.5 Å². The van der Waals surface area contributed by atoms with Crippen LogP contribution in [0.25, 0.3) is 0 Å². The molecule has 172 valence electrons. The third-order valence-corrected chi connectivity index (χ3v) is 4.51. The molecule has 0 aromatic heterocycles. The zero-order chi connectivity index (χ0) is 23.8. The van der Waals surface area contributed by atoms with E-state index in [4.69, 9.17) is 0 Å². The van der Waals surface area contributed by atoms with Gasteiger partial charge < -0.3 is 41.5 Å². The molecule has 11 nitrogen and oxygen atoms in total. The molecule has 2 aromatic rings. The fourth-order valence-electron chi connectivity index (χ4n) is 2.76. The second-order valence-corrected chi connectivity index (χ2v) is 6.94. The number of aliphatic hydroxyl groups is 1. The van der Waals surface area contributed by atoms with E-state index >= 15 is 0 Å². The standard InChI is InChI=1S/C21H25N3O8/c1-11(25)16(24-20(31)13-6-3-8-15(27)18(13)29)21(32)23-10-4-9-22-19(30)12-5-2-7-14(26)17(12)28/h2-3,5-8,11,16,25-29H,4,9-10H2,1H3,(H,22,30)(H,23,32)(H,24,31)/t11-,16-/m0/s1. The number of phenols is 4. The summed E-state index contributed by atoms with van der Waals surface area (Å²) in [6.45, 7) is 1.54. The van der Waals surface area contributed by atoms with Crippen LogP contribution in [0.4, 0.5) is 0 Å². The SMILES string of the molecule is C[C@H](O)[C@H](NC(=O)c1cccc(O)c1O)C(=O)NCCCNC(=O)c1cccc(O)c1O. The third-order valence-electron chi connectivity index (χ3n) is 4.51. The topological polar surface area (TPSA) is 188 Å². The Hall–Kier alpha value is -3.99. The van der Waals surface area contributed by atoms with E-state index in [9.17, 15) is 39.9 Å².